The minimum atomic E-state index is -4.63. The molecular weight excluding hydrogens is 361 g/mol. The number of aromatic amines is 1. The topological polar surface area (TPSA) is 99.5 Å². The highest BCUT2D eigenvalue weighted by atomic mass is 19.4. The van der Waals surface area contributed by atoms with Crippen molar-refractivity contribution in [1.82, 2.24) is 20.6 Å². The fraction of sp³-hybridized carbons (Fsp3) is 0.0588. The van der Waals surface area contributed by atoms with E-state index in [1.807, 2.05) is 6.07 Å². The number of halogens is 3. The molecule has 0 unspecified atom stereocenters. The number of H-pyrrole nitrogens is 1. The molecule has 0 amide bonds. The normalized spacial score (nSPS) is 11.7. The van der Waals surface area contributed by atoms with Crippen LogP contribution in [-0.4, -0.2) is 20.6 Å². The third-order valence-corrected chi connectivity index (χ3v) is 3.35. The van der Waals surface area contributed by atoms with E-state index in [2.05, 4.69) is 25.9 Å². The van der Waals surface area contributed by atoms with E-state index in [4.69, 9.17) is 10.00 Å². The van der Waals surface area contributed by atoms with Crippen LogP contribution in [0.1, 0.15) is 11.4 Å². The van der Waals surface area contributed by atoms with E-state index >= 15 is 0 Å². The molecule has 0 spiro atoms. The summed E-state index contributed by atoms with van der Waals surface area (Å²) < 4.78 is 45.6. The SMILES string of the molecule is N#CC(=CNc1ccc(Oc2ccccc2)c(C(F)(F)F)c1)c1nn[nH]n1. The molecule has 0 aliphatic carbocycles. The summed E-state index contributed by atoms with van der Waals surface area (Å²) in [6, 6.07) is 13.5. The zero-order chi connectivity index (χ0) is 19.3. The van der Waals surface area contributed by atoms with Crippen molar-refractivity contribution < 1.29 is 17.9 Å². The molecule has 0 fully saturated rings. The molecule has 0 aliphatic heterocycles. The predicted molar refractivity (Wildman–Crippen MR) is 89.4 cm³/mol. The van der Waals surface area contributed by atoms with E-state index in [1.165, 1.54) is 18.3 Å². The number of hydrogen-bond acceptors (Lipinski definition) is 6. The van der Waals surface area contributed by atoms with Crippen LogP contribution in [0.4, 0.5) is 18.9 Å². The van der Waals surface area contributed by atoms with Gasteiger partial charge >= 0.3 is 6.18 Å². The van der Waals surface area contributed by atoms with Gasteiger partial charge in [-0.15, -0.1) is 10.2 Å². The molecule has 1 heterocycles. The van der Waals surface area contributed by atoms with Crippen LogP contribution in [0.15, 0.2) is 54.7 Å². The van der Waals surface area contributed by atoms with Gasteiger partial charge in [-0.1, -0.05) is 18.2 Å². The standard InChI is InChI=1S/C17H11F3N6O/c18-17(19,20)14-8-12(22-10-11(9-21)16-23-25-26-24-16)6-7-15(14)27-13-4-2-1-3-5-13/h1-8,10,22H,(H,23,24,25,26). The summed E-state index contributed by atoms with van der Waals surface area (Å²) >= 11 is 0. The summed E-state index contributed by atoms with van der Waals surface area (Å²) in [7, 11) is 0. The summed E-state index contributed by atoms with van der Waals surface area (Å²) in [6.07, 6.45) is -3.44. The second-order valence-electron chi connectivity index (χ2n) is 5.17. The number of nitriles is 1. The van der Waals surface area contributed by atoms with E-state index in [-0.39, 0.29) is 28.6 Å². The Morgan fingerprint density at radius 2 is 1.96 bits per heavy atom. The maximum absolute atomic E-state index is 13.4. The van der Waals surface area contributed by atoms with Crippen molar-refractivity contribution in [3.63, 3.8) is 0 Å². The molecule has 1 aromatic heterocycles. The van der Waals surface area contributed by atoms with Gasteiger partial charge in [0.25, 0.3) is 0 Å². The van der Waals surface area contributed by atoms with Gasteiger partial charge in [0, 0.05) is 11.9 Å². The number of aromatic nitrogens is 4. The summed E-state index contributed by atoms with van der Waals surface area (Å²) in [6.45, 7) is 0. The number of hydrogen-bond donors (Lipinski definition) is 2. The number of tetrazole rings is 1. The number of anilines is 1. The lowest BCUT2D eigenvalue weighted by Gasteiger charge is -2.15. The van der Waals surface area contributed by atoms with Gasteiger partial charge in [-0.3, -0.25) is 0 Å². The maximum Gasteiger partial charge on any atom is 0.420 e. The Labute approximate surface area is 151 Å². The van der Waals surface area contributed by atoms with E-state index in [0.29, 0.717) is 0 Å². The fourth-order valence-corrected chi connectivity index (χ4v) is 2.12. The number of nitrogens with one attached hydrogen (secondary N) is 2. The quantitative estimate of drug-likeness (QED) is 0.657. The second-order valence-corrected chi connectivity index (χ2v) is 5.17. The zero-order valence-electron chi connectivity index (χ0n) is 13.5. The molecule has 2 aromatic carbocycles. The van der Waals surface area contributed by atoms with E-state index in [1.54, 1.807) is 30.3 Å². The van der Waals surface area contributed by atoms with Crippen LogP contribution in [0, 0.1) is 11.3 Å². The van der Waals surface area contributed by atoms with Crippen molar-refractivity contribution in [3.8, 4) is 17.6 Å². The van der Waals surface area contributed by atoms with Gasteiger partial charge in [-0.05, 0) is 35.5 Å². The van der Waals surface area contributed by atoms with Gasteiger partial charge in [-0.2, -0.15) is 23.6 Å². The molecule has 10 heteroatoms. The van der Waals surface area contributed by atoms with Crippen molar-refractivity contribution in [3.05, 3.63) is 66.1 Å². The third kappa shape index (κ3) is 4.40. The molecule has 2 N–H and O–H groups in total. The Bertz CT molecular complexity index is 978. The molecule has 0 bridgehead atoms. The molecule has 0 aliphatic rings. The minimum absolute atomic E-state index is 0.00178. The Hall–Kier alpha value is -3.87. The van der Waals surface area contributed by atoms with Gasteiger partial charge in [0.05, 0.1) is 0 Å². The molecule has 27 heavy (non-hydrogen) atoms. The Kier molecular flexibility index (Phi) is 5.03. The Morgan fingerprint density at radius 1 is 1.19 bits per heavy atom. The lowest BCUT2D eigenvalue weighted by Crippen LogP contribution is -2.08. The smallest absolute Gasteiger partial charge is 0.420 e. The average Bonchev–Trinajstić information content (AvgIpc) is 3.18. The van der Waals surface area contributed by atoms with Crippen LogP contribution < -0.4 is 10.1 Å². The molecule has 136 valence electrons. The first-order valence-electron chi connectivity index (χ1n) is 7.52. The molecule has 3 rings (SSSR count). The van der Waals surface area contributed by atoms with Crippen LogP contribution in [0.5, 0.6) is 11.5 Å². The van der Waals surface area contributed by atoms with Gasteiger partial charge in [0.1, 0.15) is 28.7 Å². The number of alkyl halides is 3. The summed E-state index contributed by atoms with van der Waals surface area (Å²) in [5, 5.41) is 24.5. The lowest BCUT2D eigenvalue weighted by atomic mass is 10.1. The number of para-hydroxylation sites is 1. The van der Waals surface area contributed by atoms with E-state index < -0.39 is 11.7 Å². The largest absolute Gasteiger partial charge is 0.457 e. The van der Waals surface area contributed by atoms with Crippen LogP contribution >= 0.6 is 0 Å². The van der Waals surface area contributed by atoms with Crippen LogP contribution in [0.2, 0.25) is 0 Å². The summed E-state index contributed by atoms with van der Waals surface area (Å²) in [5.74, 6) is -0.0283. The van der Waals surface area contributed by atoms with Crippen LogP contribution in [-0.2, 0) is 6.18 Å². The highest BCUT2D eigenvalue weighted by molar-refractivity contribution is 5.74. The Balaban J connectivity index is 1.89. The number of ether oxygens (including phenoxy) is 1. The first-order chi connectivity index (χ1) is 13.0. The monoisotopic (exact) mass is 372 g/mol. The number of rotatable bonds is 5. The summed E-state index contributed by atoms with van der Waals surface area (Å²) in [4.78, 5) is 0. The van der Waals surface area contributed by atoms with Gasteiger partial charge in [-0.25, -0.2) is 0 Å². The number of nitrogens with zero attached hydrogens (tertiary/aromatic N) is 4. The van der Waals surface area contributed by atoms with Gasteiger partial charge in [0.2, 0.25) is 5.82 Å². The predicted octanol–water partition coefficient (Wildman–Crippen LogP) is 3.99. The van der Waals surface area contributed by atoms with Crippen molar-refractivity contribution >= 4 is 11.3 Å². The highest BCUT2D eigenvalue weighted by Crippen LogP contribution is 2.39. The first-order valence-corrected chi connectivity index (χ1v) is 7.52. The maximum atomic E-state index is 13.4. The molecule has 0 saturated heterocycles. The van der Waals surface area contributed by atoms with Crippen molar-refractivity contribution in [2.24, 2.45) is 0 Å². The number of benzene rings is 2. The molecular formula is C17H11F3N6O. The molecule has 7 nitrogen and oxygen atoms in total. The average molecular weight is 372 g/mol. The Morgan fingerprint density at radius 3 is 2.59 bits per heavy atom. The van der Waals surface area contributed by atoms with Crippen LogP contribution in [0.3, 0.4) is 0 Å². The van der Waals surface area contributed by atoms with Crippen molar-refractivity contribution in [2.75, 3.05) is 5.32 Å². The second kappa shape index (κ2) is 7.57. The molecule has 0 atom stereocenters. The highest BCUT2D eigenvalue weighted by Gasteiger charge is 2.35. The van der Waals surface area contributed by atoms with Gasteiger partial charge < -0.3 is 10.1 Å². The third-order valence-electron chi connectivity index (χ3n) is 3.35. The summed E-state index contributed by atoms with van der Waals surface area (Å²) in [5.41, 5.74) is -0.844. The minimum Gasteiger partial charge on any atom is -0.457 e. The van der Waals surface area contributed by atoms with Crippen molar-refractivity contribution in [1.29, 1.82) is 5.26 Å². The molecule has 0 radical (unpaired) electrons. The first kappa shape index (κ1) is 17.9. The zero-order valence-corrected chi connectivity index (χ0v) is 13.5. The van der Waals surface area contributed by atoms with Crippen molar-refractivity contribution in [2.45, 2.75) is 6.18 Å². The van der Waals surface area contributed by atoms with Gasteiger partial charge in [0.15, 0.2) is 0 Å². The number of allylic oxidation sites excluding steroid dienone is 1. The fourth-order valence-electron chi connectivity index (χ4n) is 2.12. The molecule has 3 aromatic rings. The van der Waals surface area contributed by atoms with Crippen LogP contribution in [0.25, 0.3) is 5.57 Å². The van der Waals surface area contributed by atoms with E-state index in [0.717, 1.165) is 6.07 Å². The van der Waals surface area contributed by atoms with E-state index in [9.17, 15) is 13.2 Å². The lowest BCUT2D eigenvalue weighted by molar-refractivity contribution is -0.138. The molecule has 0 saturated carbocycles.